The molecule has 0 radical (unpaired) electrons. The van der Waals surface area contributed by atoms with E-state index in [-0.39, 0.29) is 0 Å². The van der Waals surface area contributed by atoms with E-state index in [0.29, 0.717) is 0 Å². The fourth-order valence-corrected chi connectivity index (χ4v) is 1.83. The summed E-state index contributed by atoms with van der Waals surface area (Å²) in [4.78, 5) is 1.23. The monoisotopic (exact) mass is 248 g/mol. The first kappa shape index (κ1) is 12.1. The van der Waals surface area contributed by atoms with Crippen molar-refractivity contribution in [3.63, 3.8) is 0 Å². The highest BCUT2D eigenvalue weighted by Crippen LogP contribution is 2.18. The summed E-state index contributed by atoms with van der Waals surface area (Å²) in [6.07, 6.45) is 3.92. The van der Waals surface area contributed by atoms with Gasteiger partial charge in [0.05, 0.1) is 17.4 Å². The zero-order chi connectivity index (χ0) is 12.5. The Morgan fingerprint density at radius 3 is 2.35 bits per heavy atom. The summed E-state index contributed by atoms with van der Waals surface area (Å²) in [5, 5.41) is 8.18. The molecule has 0 saturated heterocycles. The van der Waals surface area contributed by atoms with Crippen molar-refractivity contribution in [1.29, 1.82) is 0 Å². The Balaban J connectivity index is 2.30. The Bertz CT molecular complexity index is 496. The molecule has 17 heavy (non-hydrogen) atoms. The van der Waals surface area contributed by atoms with Crippen molar-refractivity contribution in [2.24, 2.45) is 5.73 Å². The van der Waals surface area contributed by atoms with Crippen LogP contribution in [0.1, 0.15) is 19.5 Å². The summed E-state index contributed by atoms with van der Waals surface area (Å²) < 4.78 is 1.74. The molecule has 2 aromatic rings. The van der Waals surface area contributed by atoms with Gasteiger partial charge < -0.3 is 5.73 Å². The first-order valence-corrected chi connectivity index (χ1v) is 6.59. The molecule has 1 aromatic heterocycles. The molecule has 2 N–H and O–H groups in total. The topological polar surface area (TPSA) is 56.7 Å². The van der Waals surface area contributed by atoms with Crippen LogP contribution in [0.5, 0.6) is 0 Å². The van der Waals surface area contributed by atoms with Crippen LogP contribution in [0.2, 0.25) is 0 Å². The summed E-state index contributed by atoms with van der Waals surface area (Å²) in [6, 6.07) is 8.17. The molecule has 1 heterocycles. The average Bonchev–Trinajstić information content (AvgIpc) is 2.78. The minimum atomic E-state index is -0.461. The summed E-state index contributed by atoms with van der Waals surface area (Å²) in [5.74, 6) is 0. The fraction of sp³-hybridized carbons (Fsp3) is 0.333. The Morgan fingerprint density at radius 1 is 1.24 bits per heavy atom. The van der Waals surface area contributed by atoms with E-state index < -0.39 is 5.54 Å². The number of nitrogens with zero attached hydrogens (tertiary/aromatic N) is 3. The lowest BCUT2D eigenvalue weighted by molar-refractivity contribution is 0.533. The Kier molecular flexibility index (Phi) is 3.22. The molecule has 0 fully saturated rings. The molecule has 4 nitrogen and oxygen atoms in total. The summed E-state index contributed by atoms with van der Waals surface area (Å²) in [7, 11) is 0. The van der Waals surface area contributed by atoms with E-state index >= 15 is 0 Å². The fourth-order valence-electron chi connectivity index (χ4n) is 1.42. The van der Waals surface area contributed by atoms with Gasteiger partial charge in [-0.15, -0.1) is 16.9 Å². The zero-order valence-electron chi connectivity index (χ0n) is 10.2. The zero-order valence-corrected chi connectivity index (χ0v) is 11.0. The highest BCUT2D eigenvalue weighted by atomic mass is 32.2. The van der Waals surface area contributed by atoms with Crippen molar-refractivity contribution in [2.75, 3.05) is 6.26 Å². The molecule has 0 aliphatic carbocycles. The highest BCUT2D eigenvalue weighted by molar-refractivity contribution is 7.98. The minimum Gasteiger partial charge on any atom is -0.320 e. The number of thioether (sulfide) groups is 1. The maximum Gasteiger partial charge on any atom is 0.102 e. The van der Waals surface area contributed by atoms with Gasteiger partial charge in [0.25, 0.3) is 0 Å². The molecule has 1 aromatic carbocycles. The highest BCUT2D eigenvalue weighted by Gasteiger charge is 2.18. The van der Waals surface area contributed by atoms with E-state index in [4.69, 9.17) is 5.73 Å². The van der Waals surface area contributed by atoms with Crippen LogP contribution < -0.4 is 5.73 Å². The second kappa shape index (κ2) is 4.50. The molecule has 0 bridgehead atoms. The number of benzene rings is 1. The van der Waals surface area contributed by atoms with E-state index in [2.05, 4.69) is 28.7 Å². The molecule has 0 spiro atoms. The molecule has 0 unspecified atom stereocenters. The van der Waals surface area contributed by atoms with Gasteiger partial charge in [-0.2, -0.15) is 0 Å². The molecule has 0 aliphatic rings. The van der Waals surface area contributed by atoms with Crippen molar-refractivity contribution in [1.82, 2.24) is 15.0 Å². The van der Waals surface area contributed by atoms with E-state index in [0.717, 1.165) is 11.4 Å². The van der Waals surface area contributed by atoms with Crippen molar-refractivity contribution >= 4 is 11.8 Å². The lowest BCUT2D eigenvalue weighted by atomic mass is 10.0. The normalized spacial score (nSPS) is 11.8. The standard InChI is InChI=1S/C12H16N4S/c1-12(2,13)11-8-16(15-14-11)9-4-6-10(17-3)7-5-9/h4-8H,13H2,1-3H3. The van der Waals surface area contributed by atoms with E-state index in [9.17, 15) is 0 Å². The molecule has 90 valence electrons. The predicted molar refractivity (Wildman–Crippen MR) is 70.4 cm³/mol. The number of hydrogen-bond donors (Lipinski definition) is 1. The lowest BCUT2D eigenvalue weighted by Gasteiger charge is -2.13. The van der Waals surface area contributed by atoms with Crippen LogP contribution in [0, 0.1) is 0 Å². The smallest absolute Gasteiger partial charge is 0.102 e. The van der Waals surface area contributed by atoms with Gasteiger partial charge in [0.15, 0.2) is 0 Å². The summed E-state index contributed by atoms with van der Waals surface area (Å²) >= 11 is 1.72. The van der Waals surface area contributed by atoms with Gasteiger partial charge in [-0.3, -0.25) is 0 Å². The summed E-state index contributed by atoms with van der Waals surface area (Å²) in [6.45, 7) is 3.83. The van der Waals surface area contributed by atoms with Gasteiger partial charge in [0.1, 0.15) is 5.69 Å². The predicted octanol–water partition coefficient (Wildman–Crippen LogP) is 2.18. The second-order valence-electron chi connectivity index (χ2n) is 4.47. The Labute approximate surface area is 105 Å². The quantitative estimate of drug-likeness (QED) is 0.846. The molecule has 0 atom stereocenters. The number of hydrogen-bond acceptors (Lipinski definition) is 4. The van der Waals surface area contributed by atoms with Gasteiger partial charge in [-0.1, -0.05) is 5.21 Å². The summed E-state index contributed by atoms with van der Waals surface area (Å²) in [5.41, 5.74) is 7.29. The van der Waals surface area contributed by atoms with Crippen molar-refractivity contribution < 1.29 is 0 Å². The van der Waals surface area contributed by atoms with Crippen LogP contribution >= 0.6 is 11.8 Å². The van der Waals surface area contributed by atoms with Crippen LogP contribution in [0.4, 0.5) is 0 Å². The van der Waals surface area contributed by atoms with Crippen LogP contribution in [0.25, 0.3) is 5.69 Å². The number of rotatable bonds is 3. The lowest BCUT2D eigenvalue weighted by Crippen LogP contribution is -2.29. The van der Waals surface area contributed by atoms with Gasteiger partial charge in [-0.05, 0) is 44.4 Å². The van der Waals surface area contributed by atoms with E-state index in [1.165, 1.54) is 4.90 Å². The third-order valence-corrected chi connectivity index (χ3v) is 3.23. The molecule has 2 rings (SSSR count). The van der Waals surface area contributed by atoms with Crippen molar-refractivity contribution in [3.05, 3.63) is 36.2 Å². The Hall–Kier alpha value is -1.33. The van der Waals surface area contributed by atoms with Crippen molar-refractivity contribution in [2.45, 2.75) is 24.3 Å². The average molecular weight is 248 g/mol. The van der Waals surface area contributed by atoms with E-state index in [1.807, 2.05) is 32.2 Å². The molecule has 5 heteroatoms. The SMILES string of the molecule is CSc1ccc(-n2cc(C(C)(C)N)nn2)cc1. The second-order valence-corrected chi connectivity index (χ2v) is 5.35. The largest absolute Gasteiger partial charge is 0.320 e. The minimum absolute atomic E-state index is 0.461. The first-order chi connectivity index (χ1) is 8.00. The third kappa shape index (κ3) is 2.68. The maximum atomic E-state index is 5.97. The molecule has 0 saturated carbocycles. The number of aromatic nitrogens is 3. The molecular formula is C12H16N4S. The van der Waals surface area contributed by atoms with Crippen LogP contribution in [-0.4, -0.2) is 21.2 Å². The van der Waals surface area contributed by atoms with Gasteiger partial charge >= 0.3 is 0 Å². The molecule has 0 aliphatic heterocycles. The molecular weight excluding hydrogens is 232 g/mol. The Morgan fingerprint density at radius 2 is 1.88 bits per heavy atom. The van der Waals surface area contributed by atoms with Gasteiger partial charge in [0, 0.05) is 4.90 Å². The van der Waals surface area contributed by atoms with Gasteiger partial charge in [-0.25, -0.2) is 4.68 Å². The first-order valence-electron chi connectivity index (χ1n) is 5.37. The van der Waals surface area contributed by atoms with Crippen LogP contribution in [0.3, 0.4) is 0 Å². The maximum absolute atomic E-state index is 5.97. The number of nitrogens with two attached hydrogens (primary N) is 1. The van der Waals surface area contributed by atoms with Crippen LogP contribution in [0.15, 0.2) is 35.4 Å². The van der Waals surface area contributed by atoms with Crippen LogP contribution in [-0.2, 0) is 5.54 Å². The molecule has 0 amide bonds. The van der Waals surface area contributed by atoms with E-state index in [1.54, 1.807) is 16.4 Å². The van der Waals surface area contributed by atoms with Gasteiger partial charge in [0.2, 0.25) is 0 Å². The third-order valence-electron chi connectivity index (χ3n) is 2.49. The van der Waals surface area contributed by atoms with Crippen molar-refractivity contribution in [3.8, 4) is 5.69 Å².